The number of amides is 2. The van der Waals surface area contributed by atoms with Crippen LogP contribution in [-0.2, 0) is 21.5 Å². The lowest BCUT2D eigenvalue weighted by atomic mass is 10.1. The first-order valence-corrected chi connectivity index (χ1v) is 9.43. The molecular weight excluding hydrogens is 393 g/mol. The Morgan fingerprint density at radius 1 is 1.29 bits per heavy atom. The Morgan fingerprint density at radius 3 is 2.68 bits per heavy atom. The Labute approximate surface area is 163 Å². The molecule has 0 bridgehead atoms. The van der Waals surface area contributed by atoms with Crippen molar-refractivity contribution in [2.24, 2.45) is 0 Å². The van der Waals surface area contributed by atoms with Gasteiger partial charge in [0.1, 0.15) is 0 Å². The minimum absolute atomic E-state index is 0.0150. The number of nitrogens with one attached hydrogen (secondary N) is 2. The maximum atomic E-state index is 13.2. The Hall–Kier alpha value is -2.68. The van der Waals surface area contributed by atoms with E-state index < -0.39 is 28.8 Å². The third-order valence-corrected chi connectivity index (χ3v) is 5.22. The van der Waals surface area contributed by atoms with Crippen molar-refractivity contribution in [3.63, 3.8) is 0 Å². The van der Waals surface area contributed by atoms with Crippen molar-refractivity contribution in [2.75, 3.05) is 17.2 Å². The highest BCUT2D eigenvalue weighted by Gasteiger charge is 2.34. The first-order valence-electron chi connectivity index (χ1n) is 8.38. The minimum Gasteiger partial charge on any atom is -0.479 e. The van der Waals surface area contributed by atoms with E-state index >= 15 is 0 Å². The van der Waals surface area contributed by atoms with Crippen LogP contribution in [0.4, 0.5) is 24.5 Å². The van der Waals surface area contributed by atoms with E-state index in [0.717, 1.165) is 17.7 Å². The smallest absolute Gasteiger partial charge is 0.416 e. The van der Waals surface area contributed by atoms with Crippen molar-refractivity contribution < 1.29 is 27.5 Å². The molecule has 1 unspecified atom stereocenters. The summed E-state index contributed by atoms with van der Waals surface area (Å²) in [6.07, 6.45) is -4.63. The zero-order valence-electron chi connectivity index (χ0n) is 14.8. The number of benzene rings is 2. The number of anilines is 2. The van der Waals surface area contributed by atoms with Crippen molar-refractivity contribution in [1.82, 2.24) is 0 Å². The van der Waals surface area contributed by atoms with Gasteiger partial charge in [-0.15, -0.1) is 11.8 Å². The van der Waals surface area contributed by atoms with E-state index in [-0.39, 0.29) is 23.7 Å². The van der Waals surface area contributed by atoms with E-state index in [4.69, 9.17) is 4.74 Å². The molecule has 2 aromatic rings. The normalized spacial score (nSPS) is 14.5. The van der Waals surface area contributed by atoms with Crippen LogP contribution in [0, 0.1) is 0 Å². The molecule has 1 atom stereocenters. The molecule has 1 aliphatic heterocycles. The lowest BCUT2D eigenvalue weighted by Crippen LogP contribution is -2.28. The van der Waals surface area contributed by atoms with E-state index in [9.17, 15) is 22.8 Å². The summed E-state index contributed by atoms with van der Waals surface area (Å²) in [5.74, 6) is -0.414. The average Bonchev–Trinajstić information content (AvgIpc) is 2.65. The Morgan fingerprint density at radius 2 is 2.00 bits per heavy atom. The van der Waals surface area contributed by atoms with E-state index in [0.29, 0.717) is 5.75 Å². The molecule has 5 nitrogen and oxygen atoms in total. The van der Waals surface area contributed by atoms with E-state index in [1.54, 1.807) is 6.92 Å². The summed E-state index contributed by atoms with van der Waals surface area (Å²) in [4.78, 5) is 23.9. The molecule has 2 N–H and O–H groups in total. The summed E-state index contributed by atoms with van der Waals surface area (Å²) in [6.45, 7) is 1.34. The van der Waals surface area contributed by atoms with E-state index in [2.05, 4.69) is 10.6 Å². The topological polar surface area (TPSA) is 67.4 Å². The highest BCUT2D eigenvalue weighted by Crippen LogP contribution is 2.42. The minimum atomic E-state index is -4.63. The summed E-state index contributed by atoms with van der Waals surface area (Å²) < 4.78 is 44.8. The molecule has 1 aliphatic rings. The largest absolute Gasteiger partial charge is 0.479 e. The number of ether oxygens (including phenoxy) is 1. The van der Waals surface area contributed by atoms with Crippen LogP contribution in [0.2, 0.25) is 0 Å². The second-order valence-electron chi connectivity index (χ2n) is 6.16. The SMILES string of the molecule is CC(SCc1ccccc1)C(=O)Nc1cc(C(F)(F)F)cc2c1OCC(=O)N2. The molecule has 9 heteroatoms. The van der Waals surface area contributed by atoms with Gasteiger partial charge in [0.15, 0.2) is 12.4 Å². The van der Waals surface area contributed by atoms with Gasteiger partial charge >= 0.3 is 6.18 Å². The van der Waals surface area contributed by atoms with Crippen LogP contribution >= 0.6 is 11.8 Å². The van der Waals surface area contributed by atoms with Crippen molar-refractivity contribution in [1.29, 1.82) is 0 Å². The molecule has 28 heavy (non-hydrogen) atoms. The van der Waals surface area contributed by atoms with Gasteiger partial charge in [0.05, 0.1) is 22.2 Å². The highest BCUT2D eigenvalue weighted by atomic mass is 32.2. The number of rotatable bonds is 5. The second kappa shape index (κ2) is 8.14. The van der Waals surface area contributed by atoms with Crippen LogP contribution in [-0.4, -0.2) is 23.7 Å². The van der Waals surface area contributed by atoms with E-state index in [1.807, 2.05) is 30.3 Å². The monoisotopic (exact) mass is 410 g/mol. The Kier molecular flexibility index (Phi) is 5.83. The van der Waals surface area contributed by atoms with Crippen molar-refractivity contribution in [3.05, 3.63) is 53.6 Å². The molecule has 0 aliphatic carbocycles. The lowest BCUT2D eigenvalue weighted by Gasteiger charge is -2.23. The van der Waals surface area contributed by atoms with Gasteiger partial charge in [0, 0.05) is 5.75 Å². The molecule has 148 valence electrons. The van der Waals surface area contributed by atoms with Crippen LogP contribution in [0.3, 0.4) is 0 Å². The fourth-order valence-corrected chi connectivity index (χ4v) is 3.41. The van der Waals surface area contributed by atoms with Gasteiger partial charge in [0.25, 0.3) is 5.91 Å². The Balaban J connectivity index is 1.77. The number of fused-ring (bicyclic) bond motifs is 1. The predicted octanol–water partition coefficient (Wildman–Crippen LogP) is 4.30. The number of hydrogen-bond acceptors (Lipinski definition) is 4. The average molecular weight is 410 g/mol. The molecule has 3 rings (SSSR count). The maximum absolute atomic E-state index is 13.2. The zero-order chi connectivity index (χ0) is 20.3. The molecular formula is C19H17F3N2O3S. The number of carbonyl (C=O) groups excluding carboxylic acids is 2. The van der Waals surface area contributed by atoms with Crippen LogP contribution in [0.15, 0.2) is 42.5 Å². The number of thioether (sulfide) groups is 1. The molecule has 0 fully saturated rings. The first-order chi connectivity index (χ1) is 13.2. The second-order valence-corrected chi connectivity index (χ2v) is 7.49. The van der Waals surface area contributed by atoms with Crippen molar-refractivity contribution >= 4 is 35.0 Å². The molecule has 0 saturated heterocycles. The van der Waals surface area contributed by atoms with Crippen molar-refractivity contribution in [2.45, 2.75) is 24.1 Å². The van der Waals surface area contributed by atoms with Gasteiger partial charge in [-0.25, -0.2) is 0 Å². The van der Waals surface area contributed by atoms with Gasteiger partial charge in [-0.1, -0.05) is 30.3 Å². The maximum Gasteiger partial charge on any atom is 0.416 e. The molecule has 0 saturated carbocycles. The number of halogens is 3. The number of alkyl halides is 3. The van der Waals surface area contributed by atoms with Crippen LogP contribution in [0.25, 0.3) is 0 Å². The summed E-state index contributed by atoms with van der Waals surface area (Å²) in [5, 5.41) is 4.33. The fourth-order valence-electron chi connectivity index (χ4n) is 2.56. The molecule has 0 aromatic heterocycles. The first kappa shape index (κ1) is 20.1. The molecule has 0 spiro atoms. The van der Waals surface area contributed by atoms with Gasteiger partial charge in [0.2, 0.25) is 5.91 Å². The summed E-state index contributed by atoms with van der Waals surface area (Å²) in [6, 6.07) is 11.1. The summed E-state index contributed by atoms with van der Waals surface area (Å²) in [5.41, 5.74) is -0.195. The fraction of sp³-hybridized carbons (Fsp3) is 0.263. The third kappa shape index (κ3) is 4.78. The van der Waals surface area contributed by atoms with Crippen LogP contribution in [0.5, 0.6) is 5.75 Å². The lowest BCUT2D eigenvalue weighted by molar-refractivity contribution is -0.137. The van der Waals surface area contributed by atoms with Crippen LogP contribution < -0.4 is 15.4 Å². The highest BCUT2D eigenvalue weighted by molar-refractivity contribution is 7.99. The Bertz CT molecular complexity index is 888. The molecule has 1 heterocycles. The third-order valence-electron chi connectivity index (χ3n) is 4.01. The zero-order valence-corrected chi connectivity index (χ0v) is 15.6. The number of carbonyl (C=O) groups is 2. The van der Waals surface area contributed by atoms with Gasteiger partial charge in [-0.2, -0.15) is 13.2 Å². The predicted molar refractivity (Wildman–Crippen MR) is 101 cm³/mol. The van der Waals surface area contributed by atoms with Gasteiger partial charge in [-0.3, -0.25) is 9.59 Å². The van der Waals surface area contributed by atoms with E-state index in [1.165, 1.54) is 11.8 Å². The number of hydrogen-bond donors (Lipinski definition) is 2. The van der Waals surface area contributed by atoms with Gasteiger partial charge < -0.3 is 15.4 Å². The summed E-state index contributed by atoms with van der Waals surface area (Å²) in [7, 11) is 0. The van der Waals surface area contributed by atoms with Gasteiger partial charge in [-0.05, 0) is 24.6 Å². The molecule has 2 aromatic carbocycles. The summed E-state index contributed by atoms with van der Waals surface area (Å²) >= 11 is 1.36. The molecule has 0 radical (unpaired) electrons. The van der Waals surface area contributed by atoms with Crippen molar-refractivity contribution in [3.8, 4) is 5.75 Å². The quantitative estimate of drug-likeness (QED) is 0.772. The van der Waals surface area contributed by atoms with Crippen LogP contribution in [0.1, 0.15) is 18.1 Å². The standard InChI is InChI=1S/C19H17F3N2O3S/c1-11(28-10-12-5-3-2-4-6-12)18(26)24-15-8-13(19(20,21)22)7-14-17(15)27-9-16(25)23-14/h2-8,11H,9-10H2,1H3,(H,23,25)(H,24,26). The molecule has 2 amide bonds.